The molecule has 2 unspecified atom stereocenters. The van der Waals surface area contributed by atoms with Crippen LogP contribution in [0.1, 0.15) is 118 Å². The minimum atomic E-state index is -0.928. The van der Waals surface area contributed by atoms with Crippen molar-refractivity contribution >= 4 is 35.4 Å². The lowest BCUT2D eigenvalue weighted by atomic mass is 9.97. The van der Waals surface area contributed by atoms with Crippen LogP contribution in [0.2, 0.25) is 0 Å². The van der Waals surface area contributed by atoms with Gasteiger partial charge in [0.15, 0.2) is 0 Å². The molecule has 6 atom stereocenters. The van der Waals surface area contributed by atoms with Crippen molar-refractivity contribution < 1.29 is 28.8 Å². The predicted molar refractivity (Wildman–Crippen MR) is 241 cm³/mol. The third-order valence-corrected chi connectivity index (χ3v) is 11.3. The lowest BCUT2D eigenvalue weighted by molar-refractivity contribution is -0.131. The molecule has 0 saturated carbocycles. The van der Waals surface area contributed by atoms with Crippen molar-refractivity contribution in [2.24, 2.45) is 11.8 Å². The molecule has 0 aliphatic carbocycles. The van der Waals surface area contributed by atoms with Gasteiger partial charge >= 0.3 is 0 Å². The minimum Gasteiger partial charge on any atom is -0.354 e. The molecular weight excluding hydrogens is 801 g/mol. The summed E-state index contributed by atoms with van der Waals surface area (Å²) in [7, 11) is 0. The first-order valence-corrected chi connectivity index (χ1v) is 22.3. The molecule has 2 aromatic carbocycles. The van der Waals surface area contributed by atoms with Crippen molar-refractivity contribution in [2.45, 2.75) is 122 Å². The van der Waals surface area contributed by atoms with Gasteiger partial charge in [0, 0.05) is 60.8 Å². The van der Waals surface area contributed by atoms with Crippen molar-refractivity contribution in [3.63, 3.8) is 0 Å². The second-order valence-corrected chi connectivity index (χ2v) is 16.1. The molecule has 0 aliphatic heterocycles. The number of hydrogen-bond acceptors (Lipinski definition) is 8. The van der Waals surface area contributed by atoms with Gasteiger partial charge in [-0.2, -0.15) is 0 Å². The Morgan fingerprint density at radius 1 is 0.508 bits per heavy atom. The minimum absolute atomic E-state index is 0.138. The molecule has 0 fully saturated rings. The molecule has 63 heavy (non-hydrogen) atoms. The van der Waals surface area contributed by atoms with E-state index in [-0.39, 0.29) is 48.3 Å². The Balaban J connectivity index is 1.15. The summed E-state index contributed by atoms with van der Waals surface area (Å²) in [5, 5.41) is 17.5. The van der Waals surface area contributed by atoms with E-state index in [2.05, 4.69) is 51.8 Å². The first kappa shape index (κ1) is 49.3. The summed E-state index contributed by atoms with van der Waals surface area (Å²) in [6.45, 7) is 8.72. The molecule has 4 rings (SSSR count). The summed E-state index contributed by atoms with van der Waals surface area (Å²) in [5.74, 6) is -2.47. The number of aromatic nitrogens is 4. The topological polar surface area (TPSA) is 232 Å². The number of imidazole rings is 2. The van der Waals surface area contributed by atoms with Crippen LogP contribution < -0.4 is 31.9 Å². The van der Waals surface area contributed by atoms with E-state index in [0.717, 1.165) is 44.9 Å². The van der Waals surface area contributed by atoms with Crippen molar-refractivity contribution in [2.75, 3.05) is 13.1 Å². The van der Waals surface area contributed by atoms with Crippen LogP contribution in [-0.2, 0) is 32.0 Å². The normalized spacial score (nSPS) is 13.9. The molecule has 340 valence electrons. The van der Waals surface area contributed by atoms with Gasteiger partial charge in [-0.15, -0.1) is 0 Å². The molecule has 16 nitrogen and oxygen atoms in total. The van der Waals surface area contributed by atoms with Crippen molar-refractivity contribution in [1.29, 1.82) is 0 Å². The average molecular weight is 867 g/mol. The Morgan fingerprint density at radius 2 is 0.873 bits per heavy atom. The second kappa shape index (κ2) is 26.9. The summed E-state index contributed by atoms with van der Waals surface area (Å²) in [5.41, 5.74) is 2.20. The third kappa shape index (κ3) is 16.8. The van der Waals surface area contributed by atoms with E-state index >= 15 is 0 Å². The van der Waals surface area contributed by atoms with E-state index in [0.29, 0.717) is 48.4 Å². The molecule has 6 amide bonds. The van der Waals surface area contributed by atoms with Gasteiger partial charge in [-0.3, -0.25) is 28.8 Å². The Bertz CT molecular complexity index is 1840. The SMILES string of the molecule is CCC(C)[C@H](NC(=O)[C@H](Cc1cnc[nH]1)NC(=O)c1ccccc1)C(=O)NCCCCCCCCCNC(=O)[C@H](NC(=O)[C@@H](Cc1cnc[nH]1)NC(=O)c1ccccc1)C(C)CC. The molecule has 4 aromatic rings. The number of carbonyl (C=O) groups is 6. The van der Waals surface area contributed by atoms with Gasteiger partial charge < -0.3 is 41.9 Å². The van der Waals surface area contributed by atoms with E-state index < -0.39 is 36.0 Å². The van der Waals surface area contributed by atoms with Gasteiger partial charge in [-0.05, 0) is 48.9 Å². The number of nitrogens with zero attached hydrogens (tertiary/aromatic N) is 2. The highest BCUT2D eigenvalue weighted by molar-refractivity contribution is 5.99. The fourth-order valence-corrected chi connectivity index (χ4v) is 7.00. The van der Waals surface area contributed by atoms with Gasteiger partial charge in [0.1, 0.15) is 24.2 Å². The second-order valence-electron chi connectivity index (χ2n) is 16.1. The molecule has 0 spiro atoms. The number of hydrogen-bond donors (Lipinski definition) is 8. The maximum atomic E-state index is 13.6. The number of H-pyrrole nitrogens is 2. The maximum Gasteiger partial charge on any atom is 0.251 e. The van der Waals surface area contributed by atoms with Gasteiger partial charge in [-0.25, -0.2) is 9.97 Å². The fraction of sp³-hybridized carbons (Fsp3) is 0.489. The number of benzene rings is 2. The van der Waals surface area contributed by atoms with Crippen LogP contribution in [0.25, 0.3) is 0 Å². The molecule has 8 N–H and O–H groups in total. The number of nitrogens with one attached hydrogen (secondary N) is 8. The first-order chi connectivity index (χ1) is 30.5. The van der Waals surface area contributed by atoms with Crippen LogP contribution in [0.5, 0.6) is 0 Å². The monoisotopic (exact) mass is 867 g/mol. The number of unbranched alkanes of at least 4 members (excludes halogenated alkanes) is 6. The summed E-state index contributed by atoms with van der Waals surface area (Å²) in [4.78, 5) is 93.9. The predicted octanol–water partition coefficient (Wildman–Crippen LogP) is 4.54. The molecule has 0 bridgehead atoms. The summed E-state index contributed by atoms with van der Waals surface area (Å²) < 4.78 is 0. The Morgan fingerprint density at radius 3 is 1.21 bits per heavy atom. The highest BCUT2D eigenvalue weighted by Crippen LogP contribution is 2.13. The van der Waals surface area contributed by atoms with E-state index in [4.69, 9.17) is 0 Å². The maximum absolute atomic E-state index is 13.6. The number of amides is 6. The zero-order valence-electron chi connectivity index (χ0n) is 37.1. The molecule has 16 heteroatoms. The quantitative estimate of drug-likeness (QED) is 0.0377. The highest BCUT2D eigenvalue weighted by atomic mass is 16.2. The van der Waals surface area contributed by atoms with E-state index in [9.17, 15) is 28.8 Å². The van der Waals surface area contributed by atoms with E-state index in [1.165, 1.54) is 12.7 Å². The zero-order valence-corrected chi connectivity index (χ0v) is 37.1. The lowest BCUT2D eigenvalue weighted by Crippen LogP contribution is -2.56. The lowest BCUT2D eigenvalue weighted by Gasteiger charge is -2.26. The van der Waals surface area contributed by atoms with Crippen molar-refractivity contribution in [1.82, 2.24) is 51.8 Å². The molecule has 2 heterocycles. The van der Waals surface area contributed by atoms with Crippen molar-refractivity contribution in [3.05, 3.63) is 108 Å². The van der Waals surface area contributed by atoms with E-state index in [1.807, 2.05) is 39.8 Å². The zero-order chi connectivity index (χ0) is 45.4. The van der Waals surface area contributed by atoms with Gasteiger partial charge in [-0.1, -0.05) is 109 Å². The van der Waals surface area contributed by atoms with Crippen LogP contribution >= 0.6 is 0 Å². The smallest absolute Gasteiger partial charge is 0.251 e. The number of carbonyl (C=O) groups excluding carboxylic acids is 6. The van der Waals surface area contributed by atoms with Crippen molar-refractivity contribution in [3.8, 4) is 0 Å². The largest absolute Gasteiger partial charge is 0.354 e. The Labute approximate surface area is 370 Å². The van der Waals surface area contributed by atoms with Crippen LogP contribution in [0.15, 0.2) is 85.7 Å². The number of aromatic amines is 2. The standard InChI is InChI=1S/C47H66N10O6/c1-5-32(3)40(56-44(60)38(26-36-28-48-30-52-36)54-42(58)34-20-14-12-15-21-34)46(62)50-24-18-10-8-7-9-11-19-25-51-47(63)41(33(4)6-2)57-45(61)39(27-37-29-49-31-53-37)55-43(59)35-22-16-13-17-23-35/h12-17,20-23,28-33,38-41H,5-11,18-19,24-27H2,1-4H3,(H,48,52)(H,49,53)(H,50,62)(H,51,63)(H,54,58)(H,55,59)(H,56,60)(H,57,61)/t32?,33?,38-,39+,40-,41+. The van der Waals surface area contributed by atoms with Crippen LogP contribution in [0.3, 0.4) is 0 Å². The van der Waals surface area contributed by atoms with Crippen LogP contribution in [0, 0.1) is 11.8 Å². The van der Waals surface area contributed by atoms with E-state index in [1.54, 1.807) is 60.9 Å². The molecular formula is C47H66N10O6. The molecule has 0 saturated heterocycles. The number of rotatable bonds is 28. The summed E-state index contributed by atoms with van der Waals surface area (Å²) >= 11 is 0. The molecule has 0 aliphatic rings. The van der Waals surface area contributed by atoms with Gasteiger partial charge in [0.2, 0.25) is 23.6 Å². The third-order valence-electron chi connectivity index (χ3n) is 11.3. The summed E-state index contributed by atoms with van der Waals surface area (Å²) in [6, 6.07) is 13.9. The van der Waals surface area contributed by atoms with Gasteiger partial charge in [0.25, 0.3) is 11.8 Å². The highest BCUT2D eigenvalue weighted by Gasteiger charge is 2.32. The fourth-order valence-electron chi connectivity index (χ4n) is 7.00. The van der Waals surface area contributed by atoms with Crippen LogP contribution in [0.4, 0.5) is 0 Å². The van der Waals surface area contributed by atoms with Gasteiger partial charge in [0.05, 0.1) is 12.7 Å². The average Bonchev–Trinajstić information content (AvgIpc) is 4.03. The Hall–Kier alpha value is -6.32. The first-order valence-electron chi connectivity index (χ1n) is 22.3. The Kier molecular flexibility index (Phi) is 21.1. The molecule has 2 aromatic heterocycles. The summed E-state index contributed by atoms with van der Waals surface area (Å²) in [6.07, 6.45) is 14.4. The van der Waals surface area contributed by atoms with Crippen LogP contribution in [-0.4, -0.2) is 92.6 Å². The molecule has 0 radical (unpaired) electrons.